The highest BCUT2D eigenvalue weighted by atomic mass is 32.1. The minimum Gasteiger partial charge on any atom is -0.170 e. The molecule has 1 fully saturated rings. The monoisotopic (exact) mass is 198 g/mol. The van der Waals surface area contributed by atoms with Crippen LogP contribution in [0.2, 0.25) is 0 Å². The van der Waals surface area contributed by atoms with Crippen molar-refractivity contribution in [3.05, 3.63) is 22.4 Å². The van der Waals surface area contributed by atoms with Gasteiger partial charge in [0.05, 0.1) is 0 Å². The van der Waals surface area contributed by atoms with Crippen LogP contribution in [0.1, 0.15) is 35.8 Å². The fraction of sp³-hybridized carbons (Fsp3) is 0.600. The van der Waals surface area contributed by atoms with Gasteiger partial charge in [0.1, 0.15) is 0 Å². The molecule has 0 bridgehead atoms. The highest BCUT2D eigenvalue weighted by Gasteiger charge is 2.23. The predicted molar refractivity (Wildman–Crippen MR) is 58.0 cm³/mol. The van der Waals surface area contributed by atoms with Crippen molar-refractivity contribution in [2.24, 2.45) is 5.92 Å². The molecule has 2 rings (SSSR count). The topological polar surface area (TPSA) is 0 Å². The Labute approximate surface area is 83.4 Å². The number of thiophene rings is 1. The maximum atomic E-state index is 4.69. The molecular weight excluding hydrogens is 184 g/mol. The van der Waals surface area contributed by atoms with Crippen LogP contribution in [0.15, 0.2) is 17.5 Å². The number of thiol groups is 1. The lowest BCUT2D eigenvalue weighted by molar-refractivity contribution is 0.542. The fourth-order valence-electron chi connectivity index (χ4n) is 1.96. The lowest BCUT2D eigenvalue weighted by atomic mass is 10.0. The van der Waals surface area contributed by atoms with Crippen LogP contribution in [-0.4, -0.2) is 0 Å². The second-order valence-electron chi connectivity index (χ2n) is 3.50. The molecule has 0 aliphatic heterocycles. The first kappa shape index (κ1) is 8.64. The fourth-order valence-corrected chi connectivity index (χ4v) is 3.34. The van der Waals surface area contributed by atoms with Crippen LogP contribution in [0.5, 0.6) is 0 Å². The Morgan fingerprint density at radius 1 is 1.42 bits per heavy atom. The summed E-state index contributed by atoms with van der Waals surface area (Å²) in [5, 5.41) is 2.65. The van der Waals surface area contributed by atoms with Crippen molar-refractivity contribution in [2.75, 3.05) is 0 Å². The zero-order valence-electron chi connectivity index (χ0n) is 7.07. The molecule has 0 aromatic carbocycles. The molecule has 0 amide bonds. The highest BCUT2D eigenvalue weighted by Crippen LogP contribution is 2.40. The molecule has 0 saturated heterocycles. The van der Waals surface area contributed by atoms with Crippen LogP contribution in [0, 0.1) is 5.92 Å². The summed E-state index contributed by atoms with van der Waals surface area (Å²) in [5.74, 6) is 0.840. The molecule has 0 N–H and O–H groups in total. The maximum Gasteiger partial charge on any atom is 0.0389 e. The Balaban J connectivity index is 2.04. The van der Waals surface area contributed by atoms with Crippen molar-refractivity contribution >= 4 is 24.0 Å². The summed E-state index contributed by atoms with van der Waals surface area (Å²) in [6.07, 6.45) is 5.58. The molecule has 0 nitrogen and oxygen atoms in total. The summed E-state index contributed by atoms with van der Waals surface area (Å²) in [6.45, 7) is 0. The standard InChI is InChI=1S/C10H14S2/c11-10(8-4-1-2-5-8)9-6-3-7-12-9/h3,6-8,10-11H,1-2,4-5H2. The first-order chi connectivity index (χ1) is 5.88. The zero-order valence-corrected chi connectivity index (χ0v) is 8.78. The molecule has 1 atom stereocenters. The highest BCUT2D eigenvalue weighted by molar-refractivity contribution is 7.80. The van der Waals surface area contributed by atoms with Gasteiger partial charge in [-0.2, -0.15) is 12.6 Å². The van der Waals surface area contributed by atoms with Gasteiger partial charge in [0.25, 0.3) is 0 Å². The Kier molecular flexibility index (Phi) is 2.76. The minimum absolute atomic E-state index is 0.507. The molecule has 0 spiro atoms. The normalized spacial score (nSPS) is 21.4. The third kappa shape index (κ3) is 1.69. The molecule has 1 unspecified atom stereocenters. The summed E-state index contributed by atoms with van der Waals surface area (Å²) in [6, 6.07) is 4.33. The van der Waals surface area contributed by atoms with Crippen molar-refractivity contribution in [3.8, 4) is 0 Å². The molecule has 1 aromatic rings. The SMILES string of the molecule is SC(c1cccs1)C1CCCC1. The van der Waals surface area contributed by atoms with Gasteiger partial charge in [-0.3, -0.25) is 0 Å². The van der Waals surface area contributed by atoms with E-state index in [1.54, 1.807) is 0 Å². The molecule has 1 aliphatic rings. The third-order valence-electron chi connectivity index (χ3n) is 2.68. The van der Waals surface area contributed by atoms with Gasteiger partial charge in [-0.1, -0.05) is 18.9 Å². The van der Waals surface area contributed by atoms with Gasteiger partial charge in [-0.05, 0) is 30.2 Å². The predicted octanol–water partition coefficient (Wildman–Crippen LogP) is 3.91. The summed E-state index contributed by atoms with van der Waals surface area (Å²) in [5.41, 5.74) is 0. The summed E-state index contributed by atoms with van der Waals surface area (Å²) < 4.78 is 0. The molecule has 0 radical (unpaired) electrons. The van der Waals surface area contributed by atoms with E-state index in [1.807, 2.05) is 11.3 Å². The molecule has 1 aromatic heterocycles. The van der Waals surface area contributed by atoms with E-state index in [1.165, 1.54) is 30.6 Å². The van der Waals surface area contributed by atoms with Crippen molar-refractivity contribution < 1.29 is 0 Å². The average Bonchev–Trinajstić information content (AvgIpc) is 2.77. The van der Waals surface area contributed by atoms with Gasteiger partial charge in [0.2, 0.25) is 0 Å². The molecule has 1 heterocycles. The third-order valence-corrected chi connectivity index (χ3v) is 4.51. The minimum atomic E-state index is 0.507. The quantitative estimate of drug-likeness (QED) is 0.684. The van der Waals surface area contributed by atoms with Crippen LogP contribution in [0.25, 0.3) is 0 Å². The van der Waals surface area contributed by atoms with Crippen LogP contribution in [0.3, 0.4) is 0 Å². The smallest absolute Gasteiger partial charge is 0.0389 e. The van der Waals surface area contributed by atoms with Crippen LogP contribution in [0.4, 0.5) is 0 Å². The lowest BCUT2D eigenvalue weighted by Crippen LogP contribution is -2.01. The second-order valence-corrected chi connectivity index (χ2v) is 5.04. The van der Waals surface area contributed by atoms with E-state index in [2.05, 4.69) is 17.5 Å². The Morgan fingerprint density at radius 3 is 2.75 bits per heavy atom. The lowest BCUT2D eigenvalue weighted by Gasteiger charge is -2.15. The maximum absolute atomic E-state index is 4.69. The molecular formula is C10H14S2. The van der Waals surface area contributed by atoms with Crippen LogP contribution >= 0.6 is 24.0 Å². The number of hydrogen-bond donors (Lipinski definition) is 1. The van der Waals surface area contributed by atoms with Crippen LogP contribution in [-0.2, 0) is 0 Å². The first-order valence-electron chi connectivity index (χ1n) is 4.59. The molecule has 1 aliphatic carbocycles. The Morgan fingerprint density at radius 2 is 2.17 bits per heavy atom. The number of rotatable bonds is 2. The molecule has 12 heavy (non-hydrogen) atoms. The van der Waals surface area contributed by atoms with Gasteiger partial charge in [-0.25, -0.2) is 0 Å². The van der Waals surface area contributed by atoms with Crippen LogP contribution < -0.4 is 0 Å². The zero-order chi connectivity index (χ0) is 8.39. The molecule has 2 heteroatoms. The van der Waals surface area contributed by atoms with E-state index >= 15 is 0 Å². The van der Waals surface area contributed by atoms with E-state index < -0.39 is 0 Å². The van der Waals surface area contributed by atoms with E-state index in [4.69, 9.17) is 12.6 Å². The largest absolute Gasteiger partial charge is 0.170 e. The van der Waals surface area contributed by atoms with Crippen molar-refractivity contribution in [1.82, 2.24) is 0 Å². The van der Waals surface area contributed by atoms with Crippen molar-refractivity contribution in [1.29, 1.82) is 0 Å². The van der Waals surface area contributed by atoms with Gasteiger partial charge in [-0.15, -0.1) is 11.3 Å². The van der Waals surface area contributed by atoms with Gasteiger partial charge >= 0.3 is 0 Å². The Hall–Kier alpha value is 0.0500. The summed E-state index contributed by atoms with van der Waals surface area (Å²) in [7, 11) is 0. The van der Waals surface area contributed by atoms with Crippen molar-refractivity contribution in [3.63, 3.8) is 0 Å². The second kappa shape index (κ2) is 3.84. The van der Waals surface area contributed by atoms with Gasteiger partial charge < -0.3 is 0 Å². The first-order valence-corrected chi connectivity index (χ1v) is 5.99. The van der Waals surface area contributed by atoms with E-state index in [-0.39, 0.29) is 0 Å². The van der Waals surface area contributed by atoms with Gasteiger partial charge in [0.15, 0.2) is 0 Å². The summed E-state index contributed by atoms with van der Waals surface area (Å²) in [4.78, 5) is 1.45. The molecule has 1 saturated carbocycles. The summed E-state index contributed by atoms with van der Waals surface area (Å²) >= 11 is 6.53. The van der Waals surface area contributed by atoms with Gasteiger partial charge in [0, 0.05) is 10.1 Å². The average molecular weight is 198 g/mol. The van der Waals surface area contributed by atoms with E-state index in [9.17, 15) is 0 Å². The number of hydrogen-bond acceptors (Lipinski definition) is 2. The van der Waals surface area contributed by atoms with Crippen molar-refractivity contribution in [2.45, 2.75) is 30.9 Å². The Bertz CT molecular complexity index is 222. The van der Waals surface area contributed by atoms with E-state index in [0.29, 0.717) is 5.25 Å². The van der Waals surface area contributed by atoms with E-state index in [0.717, 1.165) is 5.92 Å². The molecule has 66 valence electrons.